The molecule has 1 rings (SSSR count). The van der Waals surface area contributed by atoms with E-state index in [4.69, 9.17) is 4.74 Å². The van der Waals surface area contributed by atoms with Gasteiger partial charge in [-0.2, -0.15) is 0 Å². The topological polar surface area (TPSA) is 21.3 Å². The van der Waals surface area contributed by atoms with Gasteiger partial charge in [0, 0.05) is 6.04 Å². The minimum Gasteiger partial charge on any atom is -0.494 e. The third-order valence-electron chi connectivity index (χ3n) is 2.85. The summed E-state index contributed by atoms with van der Waals surface area (Å²) in [6, 6.07) is 8.84. The fourth-order valence-electron chi connectivity index (χ4n) is 1.67. The van der Waals surface area contributed by atoms with Gasteiger partial charge in [0.15, 0.2) is 0 Å². The number of hydrogen-bond acceptors (Lipinski definition) is 2. The predicted molar refractivity (Wildman–Crippen MR) is 73.6 cm³/mol. The standard InChI is InChI=1S/C15H25NO/c1-4-6-12-17-15-9-7-14(8-10-15)13(3)16-11-5-2/h7-10,13,16H,4-6,11-12H2,1-3H3/t13-/m0/s1. The molecule has 0 unspecified atom stereocenters. The van der Waals surface area contributed by atoms with Crippen LogP contribution in [0.1, 0.15) is 51.6 Å². The van der Waals surface area contributed by atoms with Gasteiger partial charge in [-0.05, 0) is 44.0 Å². The summed E-state index contributed by atoms with van der Waals surface area (Å²) in [5.74, 6) is 0.977. The van der Waals surface area contributed by atoms with E-state index >= 15 is 0 Å². The molecule has 96 valence electrons. The normalized spacial score (nSPS) is 12.4. The Bertz CT molecular complexity index is 294. The van der Waals surface area contributed by atoms with Crippen LogP contribution in [0.15, 0.2) is 24.3 Å². The van der Waals surface area contributed by atoms with E-state index in [9.17, 15) is 0 Å². The van der Waals surface area contributed by atoms with Gasteiger partial charge >= 0.3 is 0 Å². The van der Waals surface area contributed by atoms with Crippen molar-refractivity contribution in [1.29, 1.82) is 0 Å². The molecular weight excluding hydrogens is 210 g/mol. The van der Waals surface area contributed by atoms with Crippen molar-refractivity contribution in [2.24, 2.45) is 0 Å². The number of unbranched alkanes of at least 4 members (excludes halogenated alkanes) is 1. The molecule has 0 fully saturated rings. The Morgan fingerprint density at radius 1 is 1.12 bits per heavy atom. The summed E-state index contributed by atoms with van der Waals surface area (Å²) < 4.78 is 5.64. The molecule has 0 bridgehead atoms. The summed E-state index contributed by atoms with van der Waals surface area (Å²) in [5.41, 5.74) is 1.32. The number of hydrogen-bond donors (Lipinski definition) is 1. The Labute approximate surface area is 105 Å². The SMILES string of the molecule is CCCCOc1ccc([C@H](C)NCCC)cc1. The first kappa shape index (κ1) is 14.0. The Hall–Kier alpha value is -1.02. The molecule has 0 aliphatic rings. The molecule has 0 aliphatic heterocycles. The summed E-state index contributed by atoms with van der Waals surface area (Å²) in [7, 11) is 0. The van der Waals surface area contributed by atoms with Crippen LogP contribution >= 0.6 is 0 Å². The highest BCUT2D eigenvalue weighted by molar-refractivity contribution is 5.28. The largest absolute Gasteiger partial charge is 0.494 e. The highest BCUT2D eigenvalue weighted by Crippen LogP contribution is 2.17. The van der Waals surface area contributed by atoms with Gasteiger partial charge in [0.25, 0.3) is 0 Å². The number of nitrogens with one attached hydrogen (secondary N) is 1. The molecule has 1 aromatic rings. The molecular formula is C15H25NO. The molecule has 0 saturated heterocycles. The van der Waals surface area contributed by atoms with Crippen LogP contribution in [-0.2, 0) is 0 Å². The van der Waals surface area contributed by atoms with Crippen LogP contribution in [0, 0.1) is 0 Å². The maximum Gasteiger partial charge on any atom is 0.119 e. The van der Waals surface area contributed by atoms with Gasteiger partial charge in [0.2, 0.25) is 0 Å². The highest BCUT2D eigenvalue weighted by Gasteiger charge is 2.03. The van der Waals surface area contributed by atoms with Crippen molar-refractivity contribution < 1.29 is 4.74 Å². The van der Waals surface area contributed by atoms with Gasteiger partial charge in [0.1, 0.15) is 5.75 Å². The highest BCUT2D eigenvalue weighted by atomic mass is 16.5. The first-order chi connectivity index (χ1) is 8.27. The zero-order chi connectivity index (χ0) is 12.5. The fourth-order valence-corrected chi connectivity index (χ4v) is 1.67. The first-order valence-electron chi connectivity index (χ1n) is 6.74. The van der Waals surface area contributed by atoms with Crippen LogP contribution in [0.25, 0.3) is 0 Å². The summed E-state index contributed by atoms with van der Waals surface area (Å²) in [5, 5.41) is 3.48. The van der Waals surface area contributed by atoms with Gasteiger partial charge < -0.3 is 10.1 Å². The van der Waals surface area contributed by atoms with E-state index in [0.29, 0.717) is 6.04 Å². The minimum absolute atomic E-state index is 0.416. The zero-order valence-electron chi connectivity index (χ0n) is 11.3. The molecule has 1 N–H and O–H groups in total. The van der Waals surface area contributed by atoms with Gasteiger partial charge in [0.05, 0.1) is 6.61 Å². The van der Waals surface area contributed by atoms with Crippen molar-refractivity contribution in [3.8, 4) is 5.75 Å². The average Bonchev–Trinajstić information content (AvgIpc) is 2.37. The summed E-state index contributed by atoms with van der Waals surface area (Å²) >= 11 is 0. The summed E-state index contributed by atoms with van der Waals surface area (Å²) in [6.07, 6.45) is 3.47. The van der Waals surface area contributed by atoms with E-state index in [1.807, 2.05) is 0 Å². The van der Waals surface area contributed by atoms with Crippen LogP contribution in [0.2, 0.25) is 0 Å². The lowest BCUT2D eigenvalue weighted by Gasteiger charge is -2.14. The molecule has 0 saturated carbocycles. The minimum atomic E-state index is 0.416. The molecule has 0 spiro atoms. The first-order valence-corrected chi connectivity index (χ1v) is 6.74. The van der Waals surface area contributed by atoms with Crippen LogP contribution < -0.4 is 10.1 Å². The molecule has 0 heterocycles. The Balaban J connectivity index is 2.43. The van der Waals surface area contributed by atoms with Crippen molar-refractivity contribution in [1.82, 2.24) is 5.32 Å². The number of rotatable bonds is 8. The molecule has 0 radical (unpaired) electrons. The second kappa shape index (κ2) is 8.13. The van der Waals surface area contributed by atoms with Crippen molar-refractivity contribution >= 4 is 0 Å². The van der Waals surface area contributed by atoms with Crippen LogP contribution in [-0.4, -0.2) is 13.2 Å². The molecule has 0 amide bonds. The van der Waals surface area contributed by atoms with Gasteiger partial charge in [-0.3, -0.25) is 0 Å². The molecule has 0 aromatic heterocycles. The smallest absolute Gasteiger partial charge is 0.119 e. The lowest BCUT2D eigenvalue weighted by molar-refractivity contribution is 0.309. The molecule has 1 aromatic carbocycles. The van der Waals surface area contributed by atoms with Crippen LogP contribution in [0.3, 0.4) is 0 Å². The quantitative estimate of drug-likeness (QED) is 0.689. The maximum absolute atomic E-state index is 5.64. The Morgan fingerprint density at radius 2 is 1.82 bits per heavy atom. The Morgan fingerprint density at radius 3 is 2.41 bits per heavy atom. The molecule has 2 heteroatoms. The molecule has 0 aliphatic carbocycles. The van der Waals surface area contributed by atoms with Crippen molar-refractivity contribution in [2.45, 2.75) is 46.1 Å². The lowest BCUT2D eigenvalue weighted by atomic mass is 10.1. The van der Waals surface area contributed by atoms with Crippen LogP contribution in [0.5, 0.6) is 5.75 Å². The monoisotopic (exact) mass is 235 g/mol. The van der Waals surface area contributed by atoms with Crippen LogP contribution in [0.4, 0.5) is 0 Å². The van der Waals surface area contributed by atoms with E-state index in [2.05, 4.69) is 50.4 Å². The molecule has 1 atom stereocenters. The van der Waals surface area contributed by atoms with Gasteiger partial charge in [-0.1, -0.05) is 32.4 Å². The average molecular weight is 235 g/mol. The fraction of sp³-hybridized carbons (Fsp3) is 0.600. The van der Waals surface area contributed by atoms with Crippen molar-refractivity contribution in [2.75, 3.05) is 13.2 Å². The molecule has 2 nitrogen and oxygen atoms in total. The van der Waals surface area contributed by atoms with Gasteiger partial charge in [-0.25, -0.2) is 0 Å². The van der Waals surface area contributed by atoms with Gasteiger partial charge in [-0.15, -0.1) is 0 Å². The zero-order valence-corrected chi connectivity index (χ0v) is 11.3. The lowest BCUT2D eigenvalue weighted by Crippen LogP contribution is -2.19. The molecule has 17 heavy (non-hydrogen) atoms. The van der Waals surface area contributed by atoms with E-state index in [1.54, 1.807) is 0 Å². The van der Waals surface area contributed by atoms with E-state index in [1.165, 1.54) is 18.4 Å². The third-order valence-corrected chi connectivity index (χ3v) is 2.85. The predicted octanol–water partition coefficient (Wildman–Crippen LogP) is 3.93. The van der Waals surface area contributed by atoms with E-state index in [0.717, 1.165) is 25.3 Å². The number of benzene rings is 1. The van der Waals surface area contributed by atoms with E-state index in [-0.39, 0.29) is 0 Å². The maximum atomic E-state index is 5.64. The number of ether oxygens (including phenoxy) is 1. The third kappa shape index (κ3) is 5.22. The summed E-state index contributed by atoms with van der Waals surface area (Å²) in [6.45, 7) is 8.44. The van der Waals surface area contributed by atoms with E-state index < -0.39 is 0 Å². The Kier molecular flexibility index (Phi) is 6.71. The summed E-state index contributed by atoms with van der Waals surface area (Å²) in [4.78, 5) is 0. The second-order valence-corrected chi connectivity index (χ2v) is 4.45. The second-order valence-electron chi connectivity index (χ2n) is 4.45. The van der Waals surface area contributed by atoms with Crippen molar-refractivity contribution in [3.63, 3.8) is 0 Å². The van der Waals surface area contributed by atoms with Crippen molar-refractivity contribution in [3.05, 3.63) is 29.8 Å².